The van der Waals surface area contributed by atoms with Crippen molar-refractivity contribution in [1.82, 2.24) is 0 Å². The van der Waals surface area contributed by atoms with Gasteiger partial charge in [0.25, 0.3) is 0 Å². The normalized spacial score (nSPS) is 21.3. The quantitative estimate of drug-likeness (QED) is 0.132. The van der Waals surface area contributed by atoms with Crippen LogP contribution in [-0.4, -0.2) is 103 Å². The monoisotopic (exact) mass is 1010 g/mol. The van der Waals surface area contributed by atoms with Gasteiger partial charge in [-0.25, -0.2) is 0 Å². The summed E-state index contributed by atoms with van der Waals surface area (Å²) >= 11 is 0. The Kier molecular flexibility index (Phi) is 28.6. The largest absolute Gasteiger partial charge is 4.00 e. The van der Waals surface area contributed by atoms with Gasteiger partial charge in [-0.3, -0.25) is 0 Å². The summed E-state index contributed by atoms with van der Waals surface area (Å²) in [7, 11) is -2.15. The van der Waals surface area contributed by atoms with Gasteiger partial charge in [0.2, 0.25) is 0 Å². The molecule has 2 aromatic carbocycles. The molecule has 8 aliphatic rings. The Morgan fingerprint density at radius 1 is 0.380 bits per heavy atom. The van der Waals surface area contributed by atoms with Crippen LogP contribution in [0.3, 0.4) is 0 Å². The summed E-state index contributed by atoms with van der Waals surface area (Å²) in [5.41, 5.74) is -2.29. The van der Waals surface area contributed by atoms with Gasteiger partial charge in [-0.15, -0.1) is 24.2 Å². The van der Waals surface area contributed by atoms with E-state index < -0.39 is 39.8 Å². The van der Waals surface area contributed by atoms with Gasteiger partial charge < -0.3 is 41.7 Å². The molecule has 4 saturated carbocycles. The Morgan fingerprint density at radius 2 is 0.606 bits per heavy atom. The molecule has 71 heavy (non-hydrogen) atoms. The molecule has 8 nitrogen and oxygen atoms in total. The fourth-order valence-electron chi connectivity index (χ4n) is 10.6. The van der Waals surface area contributed by atoms with Crippen molar-refractivity contribution >= 4 is 19.2 Å². The van der Waals surface area contributed by atoms with Crippen LogP contribution in [0.4, 0.5) is 0 Å². The third kappa shape index (κ3) is 21.0. The van der Waals surface area contributed by atoms with Crippen LogP contribution in [0.1, 0.15) is 128 Å². The van der Waals surface area contributed by atoms with Crippen molar-refractivity contribution in [2.75, 3.05) is 19.8 Å². The summed E-state index contributed by atoms with van der Waals surface area (Å²) in [5.74, 6) is 0. The van der Waals surface area contributed by atoms with Crippen molar-refractivity contribution in [1.29, 1.82) is 0 Å². The first-order valence-electron chi connectivity index (χ1n) is 27.3. The van der Waals surface area contributed by atoms with E-state index in [0.29, 0.717) is 48.3 Å². The number of rotatable bonds is 15. The Morgan fingerprint density at radius 3 is 0.817 bits per heavy atom. The fourth-order valence-corrected chi connectivity index (χ4v) is 14.0. The average molecular weight is 1020 g/mol. The van der Waals surface area contributed by atoms with Crippen molar-refractivity contribution in [2.45, 2.75) is 182 Å². The van der Waals surface area contributed by atoms with E-state index in [9.17, 15) is 20.4 Å². The van der Waals surface area contributed by atoms with Crippen molar-refractivity contribution in [2.24, 2.45) is 5.41 Å². The van der Waals surface area contributed by atoms with Crippen LogP contribution in [-0.2, 0) is 21.7 Å². The second kappa shape index (κ2) is 34.5. The number of aliphatic hydroxyl groups is 4. The number of nitrogens with zero attached hydrogens (tertiary/aromatic N) is 4. The average Bonchev–Trinajstić information content (AvgIpc) is 4.30. The SMILES string of the molecule is C1=CC([N-]C2CCCCC2)C=C1.C1=CC([N-]C2CCCCC2)C=C1.C1=CC([N-]C2CCCCC2)C=C1.C1=CC([N-]C2CCCCC2)C=C1.OCC(CO)(CO)C(O)[SiH](c1ccccc1)c1ccccc1.[Ti+4]. The van der Waals surface area contributed by atoms with Crippen molar-refractivity contribution in [3.05, 3.63) is 179 Å². The second-order valence-corrected chi connectivity index (χ2v) is 23.3. The Hall–Kier alpha value is -3.03. The Labute approximate surface area is 445 Å². The fraction of sp³-hybridized carbons (Fsp3) is 0.541. The number of benzene rings is 2. The Bertz CT molecular complexity index is 1670. The summed E-state index contributed by atoms with van der Waals surface area (Å²) < 4.78 is 0. The molecule has 0 saturated heterocycles. The Balaban J connectivity index is 0.000000169. The second-order valence-electron chi connectivity index (χ2n) is 20.4. The molecule has 382 valence electrons. The zero-order valence-corrected chi connectivity index (χ0v) is 45.3. The molecule has 0 bridgehead atoms. The van der Waals surface area contributed by atoms with Crippen LogP contribution >= 0.6 is 0 Å². The summed E-state index contributed by atoms with van der Waals surface area (Å²) in [4.78, 5) is 0. The first-order valence-corrected chi connectivity index (χ1v) is 29.1. The molecule has 8 aliphatic carbocycles. The minimum Gasteiger partial charge on any atom is -0.650 e. The van der Waals surface area contributed by atoms with Gasteiger partial charge in [-0.1, -0.05) is 321 Å². The standard InChI is InChI=1S/C17H22O4Si.4C11H16N.Ti/c18-11-17(12-19,13-20)16(21)22(14-7-3-1-4-8-14)15-9-5-2-6-10-15;4*1-2-6-10(7-3-1)12-11-8-4-5-9-11;/h1-10,16,18-22H,11-13H2;4*4-5,8-11H,1-3,6-7H2;/q;4*-1;+4. The molecule has 1 atom stereocenters. The van der Waals surface area contributed by atoms with Crippen LogP contribution in [0.5, 0.6) is 0 Å². The van der Waals surface area contributed by atoms with E-state index in [1.54, 1.807) is 0 Å². The molecular formula is C61H86N4O4SiTi. The smallest absolute Gasteiger partial charge is 0.650 e. The molecule has 2 aromatic rings. The maximum Gasteiger partial charge on any atom is 4.00 e. The van der Waals surface area contributed by atoms with Gasteiger partial charge in [0.15, 0.2) is 0 Å². The van der Waals surface area contributed by atoms with E-state index in [4.69, 9.17) is 21.3 Å². The van der Waals surface area contributed by atoms with Crippen LogP contribution in [0.15, 0.2) is 158 Å². The summed E-state index contributed by atoms with van der Waals surface area (Å²) in [6.07, 6.45) is 61.4. The molecular weight excluding hydrogens is 929 g/mol. The first kappa shape index (κ1) is 58.9. The molecule has 0 amide bonds. The first-order chi connectivity index (χ1) is 34.5. The number of allylic oxidation sites excluding steroid dienone is 8. The topological polar surface area (TPSA) is 137 Å². The molecule has 1 unspecified atom stereocenters. The van der Waals surface area contributed by atoms with Crippen molar-refractivity contribution in [3.63, 3.8) is 0 Å². The zero-order chi connectivity index (χ0) is 48.9. The number of aliphatic hydroxyl groups excluding tert-OH is 4. The van der Waals surface area contributed by atoms with Gasteiger partial charge in [-0.2, -0.15) is 0 Å². The van der Waals surface area contributed by atoms with Gasteiger partial charge in [0, 0.05) is 0 Å². The van der Waals surface area contributed by atoms with Crippen molar-refractivity contribution in [3.8, 4) is 0 Å². The maximum atomic E-state index is 10.9. The molecule has 0 spiro atoms. The molecule has 0 aromatic heterocycles. The predicted octanol–water partition coefficient (Wildman–Crippen LogP) is 11.6. The summed E-state index contributed by atoms with van der Waals surface area (Å²) in [6.45, 7) is -1.40. The summed E-state index contributed by atoms with van der Waals surface area (Å²) in [5, 5.41) is 60.9. The van der Waals surface area contributed by atoms with Gasteiger partial charge >= 0.3 is 21.7 Å². The third-order valence-electron chi connectivity index (χ3n) is 14.9. The maximum absolute atomic E-state index is 10.9. The molecule has 0 radical (unpaired) electrons. The summed E-state index contributed by atoms with van der Waals surface area (Å²) in [6, 6.07) is 23.4. The van der Waals surface area contributed by atoms with E-state index in [1.807, 2.05) is 60.7 Å². The van der Waals surface area contributed by atoms with E-state index >= 15 is 0 Å². The molecule has 4 fully saturated rings. The number of hydrogen-bond acceptors (Lipinski definition) is 4. The van der Waals surface area contributed by atoms with Crippen LogP contribution in [0.2, 0.25) is 0 Å². The van der Waals surface area contributed by atoms with E-state index in [-0.39, 0.29) is 21.7 Å². The van der Waals surface area contributed by atoms with Crippen LogP contribution < -0.4 is 10.4 Å². The van der Waals surface area contributed by atoms with E-state index in [2.05, 4.69) is 97.2 Å². The molecule has 0 heterocycles. The molecule has 0 aliphatic heterocycles. The van der Waals surface area contributed by atoms with Crippen LogP contribution in [0.25, 0.3) is 21.3 Å². The minimum atomic E-state index is -2.15. The van der Waals surface area contributed by atoms with Crippen LogP contribution in [0, 0.1) is 5.41 Å². The third-order valence-corrected chi connectivity index (χ3v) is 18.5. The zero-order valence-electron chi connectivity index (χ0n) is 42.6. The van der Waals surface area contributed by atoms with E-state index in [0.717, 1.165) is 10.4 Å². The minimum absolute atomic E-state index is 0. The number of hydrogen-bond donors (Lipinski definition) is 4. The van der Waals surface area contributed by atoms with Gasteiger partial charge in [0.05, 0.1) is 31.0 Å². The molecule has 4 N–H and O–H groups in total. The van der Waals surface area contributed by atoms with Gasteiger partial charge in [0.1, 0.15) is 8.80 Å². The van der Waals surface area contributed by atoms with E-state index in [1.165, 1.54) is 128 Å². The predicted molar refractivity (Wildman–Crippen MR) is 298 cm³/mol. The molecule has 10 rings (SSSR count). The van der Waals surface area contributed by atoms with Crippen molar-refractivity contribution < 1.29 is 42.1 Å². The molecule has 10 heteroatoms. The van der Waals surface area contributed by atoms with Gasteiger partial charge in [-0.05, 0) is 0 Å².